The quantitative estimate of drug-likeness (QED) is 0.649. The first-order valence-corrected chi connectivity index (χ1v) is 8.08. The van der Waals surface area contributed by atoms with Crippen molar-refractivity contribution in [3.05, 3.63) is 60.2 Å². The molecule has 0 aliphatic heterocycles. The number of hydrogen-bond donors (Lipinski definition) is 0. The van der Waals surface area contributed by atoms with Crippen molar-refractivity contribution in [2.75, 3.05) is 0 Å². The van der Waals surface area contributed by atoms with Crippen LogP contribution in [0, 0.1) is 5.92 Å². The van der Waals surface area contributed by atoms with E-state index < -0.39 is 6.17 Å². The average molecular weight is 282 g/mol. The maximum atomic E-state index is 14.3. The van der Waals surface area contributed by atoms with E-state index >= 15 is 0 Å². The van der Waals surface area contributed by atoms with Gasteiger partial charge in [-0.25, -0.2) is 4.39 Å². The molecule has 110 valence electrons. The van der Waals surface area contributed by atoms with Gasteiger partial charge < -0.3 is 0 Å². The lowest BCUT2D eigenvalue weighted by Gasteiger charge is -2.32. The zero-order chi connectivity index (χ0) is 14.7. The minimum absolute atomic E-state index is 0.269. The van der Waals surface area contributed by atoms with E-state index in [1.54, 1.807) is 0 Å². The van der Waals surface area contributed by atoms with Crippen LogP contribution in [0.15, 0.2) is 54.6 Å². The van der Waals surface area contributed by atoms with Gasteiger partial charge in [0.2, 0.25) is 0 Å². The van der Waals surface area contributed by atoms with E-state index in [9.17, 15) is 4.39 Å². The molecule has 1 heteroatoms. The van der Waals surface area contributed by atoms with Crippen molar-refractivity contribution in [1.82, 2.24) is 0 Å². The number of benzene rings is 2. The summed E-state index contributed by atoms with van der Waals surface area (Å²) in [6.07, 6.45) is 3.14. The molecule has 1 saturated carbocycles. The van der Waals surface area contributed by atoms with Crippen LogP contribution in [-0.2, 0) is 0 Å². The van der Waals surface area contributed by atoms with E-state index in [1.165, 1.54) is 16.7 Å². The molecule has 0 amide bonds. The van der Waals surface area contributed by atoms with Gasteiger partial charge in [-0.15, -0.1) is 0 Å². The smallest absolute Gasteiger partial charge is 0.103 e. The van der Waals surface area contributed by atoms with E-state index in [-0.39, 0.29) is 5.92 Å². The van der Waals surface area contributed by atoms with Crippen LogP contribution in [0.5, 0.6) is 0 Å². The molecular formula is C20H23F. The van der Waals surface area contributed by atoms with Gasteiger partial charge in [0.15, 0.2) is 0 Å². The van der Waals surface area contributed by atoms with Crippen LogP contribution in [0.3, 0.4) is 0 Å². The van der Waals surface area contributed by atoms with Crippen molar-refractivity contribution >= 4 is 0 Å². The fourth-order valence-electron chi connectivity index (χ4n) is 3.65. The van der Waals surface area contributed by atoms with Crippen LogP contribution in [0.4, 0.5) is 4.39 Å². The van der Waals surface area contributed by atoms with E-state index in [0.29, 0.717) is 12.3 Å². The van der Waals surface area contributed by atoms with Crippen molar-refractivity contribution in [3.63, 3.8) is 0 Å². The van der Waals surface area contributed by atoms with Crippen molar-refractivity contribution in [2.45, 2.75) is 44.7 Å². The number of alkyl halides is 1. The van der Waals surface area contributed by atoms with Gasteiger partial charge in [-0.05, 0) is 47.8 Å². The first-order valence-electron chi connectivity index (χ1n) is 8.08. The molecule has 21 heavy (non-hydrogen) atoms. The fraction of sp³-hybridized carbons (Fsp3) is 0.400. The third-order valence-electron chi connectivity index (χ3n) is 4.92. The molecule has 1 aliphatic rings. The van der Waals surface area contributed by atoms with Crippen LogP contribution >= 0.6 is 0 Å². The minimum Gasteiger partial charge on any atom is -0.247 e. The van der Waals surface area contributed by atoms with Crippen LogP contribution < -0.4 is 0 Å². The first-order chi connectivity index (χ1) is 10.3. The lowest BCUT2D eigenvalue weighted by atomic mass is 9.75. The summed E-state index contributed by atoms with van der Waals surface area (Å²) >= 11 is 0. The SMILES string of the molecule is CCC1CCC(c2ccccc2-c2ccccc2)CC1F. The Morgan fingerprint density at radius 3 is 2.38 bits per heavy atom. The van der Waals surface area contributed by atoms with Gasteiger partial charge in [0.1, 0.15) is 6.17 Å². The van der Waals surface area contributed by atoms with Crippen LogP contribution in [0.2, 0.25) is 0 Å². The van der Waals surface area contributed by atoms with E-state index in [0.717, 1.165) is 19.3 Å². The average Bonchev–Trinajstić information content (AvgIpc) is 2.55. The lowest BCUT2D eigenvalue weighted by molar-refractivity contribution is 0.147. The predicted octanol–water partition coefficient (Wildman–Crippen LogP) is 5.99. The van der Waals surface area contributed by atoms with E-state index in [4.69, 9.17) is 0 Å². The Balaban J connectivity index is 1.90. The highest BCUT2D eigenvalue weighted by Crippen LogP contribution is 2.41. The highest BCUT2D eigenvalue weighted by Gasteiger charge is 2.31. The lowest BCUT2D eigenvalue weighted by Crippen LogP contribution is -2.25. The molecule has 0 spiro atoms. The number of rotatable bonds is 3. The first kappa shape index (κ1) is 14.3. The second-order valence-electron chi connectivity index (χ2n) is 6.15. The van der Waals surface area contributed by atoms with Gasteiger partial charge in [0.05, 0.1) is 0 Å². The van der Waals surface area contributed by atoms with Crippen molar-refractivity contribution in [2.24, 2.45) is 5.92 Å². The molecule has 2 aromatic carbocycles. The maximum absolute atomic E-state index is 14.3. The number of halogens is 1. The van der Waals surface area contributed by atoms with Crippen molar-refractivity contribution in [3.8, 4) is 11.1 Å². The largest absolute Gasteiger partial charge is 0.247 e. The standard InChI is InChI=1S/C20H23F/c1-2-15-12-13-17(14-20(15)21)19-11-7-6-10-18(19)16-8-4-3-5-9-16/h3-11,15,17,20H,2,12-14H2,1H3. The molecule has 1 aliphatic carbocycles. The molecule has 0 nitrogen and oxygen atoms in total. The summed E-state index contributed by atoms with van der Waals surface area (Å²) in [7, 11) is 0. The molecule has 0 heterocycles. The molecule has 0 saturated heterocycles. The third-order valence-corrected chi connectivity index (χ3v) is 4.92. The van der Waals surface area contributed by atoms with Gasteiger partial charge in [-0.1, -0.05) is 67.9 Å². The zero-order valence-electron chi connectivity index (χ0n) is 12.6. The zero-order valence-corrected chi connectivity index (χ0v) is 12.6. The molecule has 2 aromatic rings. The normalized spacial score (nSPS) is 25.7. The van der Waals surface area contributed by atoms with Gasteiger partial charge in [0.25, 0.3) is 0 Å². The molecule has 0 aromatic heterocycles. The summed E-state index contributed by atoms with van der Waals surface area (Å²) in [5, 5.41) is 0. The summed E-state index contributed by atoms with van der Waals surface area (Å²) < 4.78 is 14.3. The topological polar surface area (TPSA) is 0 Å². The molecular weight excluding hydrogens is 259 g/mol. The van der Waals surface area contributed by atoms with E-state index in [1.807, 2.05) is 6.07 Å². The summed E-state index contributed by atoms with van der Waals surface area (Å²) in [5.41, 5.74) is 3.83. The minimum atomic E-state index is -0.641. The van der Waals surface area contributed by atoms with Crippen molar-refractivity contribution < 1.29 is 4.39 Å². The molecule has 0 bridgehead atoms. The molecule has 1 fully saturated rings. The van der Waals surface area contributed by atoms with E-state index in [2.05, 4.69) is 55.5 Å². The second kappa shape index (κ2) is 6.43. The Bertz CT molecular complexity index is 575. The fourth-order valence-corrected chi connectivity index (χ4v) is 3.65. The molecule has 0 radical (unpaired) electrons. The third kappa shape index (κ3) is 3.02. The Labute approximate surface area is 127 Å². The van der Waals surface area contributed by atoms with Crippen LogP contribution in [-0.4, -0.2) is 6.17 Å². The van der Waals surface area contributed by atoms with Gasteiger partial charge in [-0.2, -0.15) is 0 Å². The summed E-state index contributed by atoms with van der Waals surface area (Å²) in [5.74, 6) is 0.629. The summed E-state index contributed by atoms with van der Waals surface area (Å²) in [6, 6.07) is 19.0. The molecule has 3 rings (SSSR count). The molecule has 3 unspecified atom stereocenters. The summed E-state index contributed by atoms with van der Waals surface area (Å²) in [4.78, 5) is 0. The highest BCUT2D eigenvalue weighted by atomic mass is 19.1. The predicted molar refractivity (Wildman–Crippen MR) is 87.1 cm³/mol. The maximum Gasteiger partial charge on any atom is 0.103 e. The Morgan fingerprint density at radius 1 is 0.952 bits per heavy atom. The monoisotopic (exact) mass is 282 g/mol. The Hall–Kier alpha value is -1.63. The number of hydrogen-bond acceptors (Lipinski definition) is 0. The molecule has 0 N–H and O–H groups in total. The van der Waals surface area contributed by atoms with Gasteiger partial charge in [0, 0.05) is 0 Å². The van der Waals surface area contributed by atoms with Crippen LogP contribution in [0.1, 0.15) is 44.1 Å². The van der Waals surface area contributed by atoms with Gasteiger partial charge >= 0.3 is 0 Å². The van der Waals surface area contributed by atoms with Crippen molar-refractivity contribution in [1.29, 1.82) is 0 Å². The Morgan fingerprint density at radius 2 is 1.67 bits per heavy atom. The van der Waals surface area contributed by atoms with Crippen LogP contribution in [0.25, 0.3) is 11.1 Å². The summed E-state index contributed by atoms with van der Waals surface area (Å²) in [6.45, 7) is 2.11. The Kier molecular flexibility index (Phi) is 4.38. The highest BCUT2D eigenvalue weighted by molar-refractivity contribution is 5.68. The van der Waals surface area contributed by atoms with Gasteiger partial charge in [-0.3, -0.25) is 0 Å². The second-order valence-corrected chi connectivity index (χ2v) is 6.15. The molecule has 3 atom stereocenters.